The van der Waals surface area contributed by atoms with Crippen molar-refractivity contribution in [3.63, 3.8) is 0 Å². The molecular weight excluding hydrogens is 155 g/mol. The van der Waals surface area contributed by atoms with Gasteiger partial charge in [0.2, 0.25) is 0 Å². The standard InChI is InChI=1S/C7H7BN2O2/c11-8(12)6-2-1-4-10-5-3-9-7(6)10/h1-5,11-12H. The minimum Gasteiger partial charge on any atom is -0.423 e. The second-order valence-corrected chi connectivity index (χ2v) is 2.50. The first-order valence-corrected chi connectivity index (χ1v) is 3.57. The lowest BCUT2D eigenvalue weighted by Gasteiger charge is -2.00. The smallest absolute Gasteiger partial charge is 0.423 e. The van der Waals surface area contributed by atoms with Crippen molar-refractivity contribution in [3.8, 4) is 0 Å². The summed E-state index contributed by atoms with van der Waals surface area (Å²) in [5.41, 5.74) is 0.995. The van der Waals surface area contributed by atoms with Crippen LogP contribution in [0.1, 0.15) is 0 Å². The number of fused-ring (bicyclic) bond motifs is 1. The molecular formula is C7H7BN2O2. The number of aromatic nitrogens is 2. The molecule has 5 heteroatoms. The first-order chi connectivity index (χ1) is 5.79. The predicted octanol–water partition coefficient (Wildman–Crippen LogP) is -0.986. The van der Waals surface area contributed by atoms with E-state index in [1.54, 1.807) is 35.1 Å². The third-order valence-electron chi connectivity index (χ3n) is 1.73. The highest BCUT2D eigenvalue weighted by atomic mass is 16.4. The summed E-state index contributed by atoms with van der Waals surface area (Å²) in [4.78, 5) is 3.98. The number of hydrogen-bond acceptors (Lipinski definition) is 3. The maximum absolute atomic E-state index is 8.94. The van der Waals surface area contributed by atoms with Gasteiger partial charge < -0.3 is 14.4 Å². The van der Waals surface area contributed by atoms with Crippen molar-refractivity contribution in [3.05, 3.63) is 30.7 Å². The Labute approximate surface area is 69.3 Å². The van der Waals surface area contributed by atoms with E-state index in [-0.39, 0.29) is 0 Å². The Morgan fingerprint density at radius 2 is 2.17 bits per heavy atom. The summed E-state index contributed by atoms with van der Waals surface area (Å²) < 4.78 is 1.73. The van der Waals surface area contributed by atoms with Crippen molar-refractivity contribution >= 4 is 18.2 Å². The SMILES string of the molecule is OB(O)c1cccn2ccnc12. The summed E-state index contributed by atoms with van der Waals surface area (Å²) >= 11 is 0. The summed E-state index contributed by atoms with van der Waals surface area (Å²) in [6, 6.07) is 3.37. The van der Waals surface area contributed by atoms with Crippen molar-refractivity contribution < 1.29 is 10.0 Å². The van der Waals surface area contributed by atoms with Gasteiger partial charge in [-0.3, -0.25) is 0 Å². The zero-order chi connectivity index (χ0) is 8.55. The highest BCUT2D eigenvalue weighted by molar-refractivity contribution is 6.60. The average Bonchev–Trinajstić information content (AvgIpc) is 2.49. The minimum atomic E-state index is -1.46. The summed E-state index contributed by atoms with van der Waals surface area (Å²) in [5.74, 6) is 0. The Balaban J connectivity index is 2.73. The van der Waals surface area contributed by atoms with E-state index in [1.807, 2.05) is 0 Å². The molecule has 2 aromatic heterocycles. The van der Waals surface area contributed by atoms with Gasteiger partial charge in [0.25, 0.3) is 0 Å². The Morgan fingerprint density at radius 3 is 2.92 bits per heavy atom. The molecule has 0 saturated heterocycles. The van der Waals surface area contributed by atoms with Gasteiger partial charge in [-0.1, -0.05) is 6.07 Å². The Morgan fingerprint density at radius 1 is 1.33 bits per heavy atom. The van der Waals surface area contributed by atoms with Crippen LogP contribution in [0.2, 0.25) is 0 Å². The van der Waals surface area contributed by atoms with E-state index in [9.17, 15) is 0 Å². The van der Waals surface area contributed by atoms with Crippen LogP contribution in [0.25, 0.3) is 5.65 Å². The van der Waals surface area contributed by atoms with Crippen LogP contribution < -0.4 is 5.46 Å². The lowest BCUT2D eigenvalue weighted by Crippen LogP contribution is -2.31. The molecule has 2 aromatic rings. The predicted molar refractivity (Wildman–Crippen MR) is 45.0 cm³/mol. The van der Waals surface area contributed by atoms with E-state index < -0.39 is 7.12 Å². The van der Waals surface area contributed by atoms with Crippen molar-refractivity contribution in [2.45, 2.75) is 0 Å². The van der Waals surface area contributed by atoms with E-state index >= 15 is 0 Å². The molecule has 0 aliphatic heterocycles. The molecule has 0 bridgehead atoms. The maximum atomic E-state index is 8.94. The van der Waals surface area contributed by atoms with Gasteiger partial charge in [-0.25, -0.2) is 4.98 Å². The Kier molecular flexibility index (Phi) is 1.60. The molecule has 2 heterocycles. The second-order valence-electron chi connectivity index (χ2n) is 2.50. The summed E-state index contributed by atoms with van der Waals surface area (Å²) in [5, 5.41) is 17.9. The minimum absolute atomic E-state index is 0.419. The number of imidazole rings is 1. The van der Waals surface area contributed by atoms with Crippen LogP contribution >= 0.6 is 0 Å². The number of hydrogen-bond donors (Lipinski definition) is 2. The Bertz CT molecular complexity index is 399. The molecule has 2 N–H and O–H groups in total. The molecule has 0 aromatic carbocycles. The van der Waals surface area contributed by atoms with Crippen LogP contribution in [0, 0.1) is 0 Å². The van der Waals surface area contributed by atoms with Crippen LogP contribution in [0.5, 0.6) is 0 Å². The van der Waals surface area contributed by atoms with E-state index in [2.05, 4.69) is 4.98 Å². The monoisotopic (exact) mass is 162 g/mol. The maximum Gasteiger partial charge on any atom is 0.492 e. The van der Waals surface area contributed by atoms with Gasteiger partial charge >= 0.3 is 7.12 Å². The molecule has 0 saturated carbocycles. The molecule has 0 amide bonds. The highest BCUT2D eigenvalue weighted by Gasteiger charge is 2.14. The van der Waals surface area contributed by atoms with Crippen molar-refractivity contribution in [1.29, 1.82) is 0 Å². The molecule has 4 nitrogen and oxygen atoms in total. The van der Waals surface area contributed by atoms with Crippen molar-refractivity contribution in [2.75, 3.05) is 0 Å². The third kappa shape index (κ3) is 0.994. The average molecular weight is 162 g/mol. The van der Waals surface area contributed by atoms with Crippen LogP contribution in [-0.4, -0.2) is 26.6 Å². The third-order valence-corrected chi connectivity index (χ3v) is 1.73. The van der Waals surface area contributed by atoms with Gasteiger partial charge in [0.05, 0.1) is 0 Å². The van der Waals surface area contributed by atoms with Crippen molar-refractivity contribution in [2.24, 2.45) is 0 Å². The topological polar surface area (TPSA) is 57.8 Å². The number of nitrogens with zero attached hydrogens (tertiary/aromatic N) is 2. The first-order valence-electron chi connectivity index (χ1n) is 3.57. The van der Waals surface area contributed by atoms with Gasteiger partial charge in [0.1, 0.15) is 5.65 Å². The molecule has 2 rings (SSSR count). The molecule has 12 heavy (non-hydrogen) atoms. The van der Waals surface area contributed by atoms with E-state index in [1.165, 1.54) is 0 Å². The summed E-state index contributed by atoms with van der Waals surface area (Å²) in [7, 11) is -1.46. The lowest BCUT2D eigenvalue weighted by molar-refractivity contribution is 0.426. The molecule has 0 atom stereocenters. The van der Waals surface area contributed by atoms with E-state index in [0.29, 0.717) is 11.1 Å². The number of rotatable bonds is 1. The fraction of sp³-hybridized carbons (Fsp3) is 0. The molecule has 0 spiro atoms. The van der Waals surface area contributed by atoms with Gasteiger partial charge in [-0.05, 0) is 6.07 Å². The molecule has 0 fully saturated rings. The van der Waals surface area contributed by atoms with E-state index in [0.717, 1.165) is 0 Å². The normalized spacial score (nSPS) is 10.5. The fourth-order valence-corrected chi connectivity index (χ4v) is 1.17. The fourth-order valence-electron chi connectivity index (χ4n) is 1.17. The Hall–Kier alpha value is -1.33. The van der Waals surface area contributed by atoms with Gasteiger partial charge in [0.15, 0.2) is 0 Å². The van der Waals surface area contributed by atoms with Gasteiger partial charge in [-0.15, -0.1) is 0 Å². The van der Waals surface area contributed by atoms with Crippen LogP contribution in [-0.2, 0) is 0 Å². The molecule has 0 aliphatic rings. The van der Waals surface area contributed by atoms with Crippen molar-refractivity contribution in [1.82, 2.24) is 9.38 Å². The van der Waals surface area contributed by atoms with Gasteiger partial charge in [-0.2, -0.15) is 0 Å². The molecule has 0 aliphatic carbocycles. The van der Waals surface area contributed by atoms with Gasteiger partial charge in [0, 0.05) is 24.1 Å². The summed E-state index contributed by atoms with van der Waals surface area (Å²) in [6.07, 6.45) is 5.16. The quantitative estimate of drug-likeness (QED) is 0.529. The zero-order valence-electron chi connectivity index (χ0n) is 6.25. The van der Waals surface area contributed by atoms with E-state index in [4.69, 9.17) is 10.0 Å². The summed E-state index contributed by atoms with van der Waals surface area (Å²) in [6.45, 7) is 0. The zero-order valence-corrected chi connectivity index (χ0v) is 6.25. The van der Waals surface area contributed by atoms with Crippen LogP contribution in [0.3, 0.4) is 0 Å². The number of pyridine rings is 1. The van der Waals surface area contributed by atoms with Crippen LogP contribution in [0.15, 0.2) is 30.7 Å². The molecule has 0 radical (unpaired) electrons. The van der Waals surface area contributed by atoms with Crippen LogP contribution in [0.4, 0.5) is 0 Å². The largest absolute Gasteiger partial charge is 0.492 e. The molecule has 60 valence electrons. The first kappa shape index (κ1) is 7.33. The lowest BCUT2D eigenvalue weighted by atomic mass is 9.81. The molecule has 0 unspecified atom stereocenters. The highest BCUT2D eigenvalue weighted by Crippen LogP contribution is 1.96. The second kappa shape index (κ2) is 2.62.